The van der Waals surface area contributed by atoms with Crippen LogP contribution >= 0.6 is 0 Å². The molecule has 0 atom stereocenters. The van der Waals surface area contributed by atoms with Gasteiger partial charge in [-0.2, -0.15) is 0 Å². The van der Waals surface area contributed by atoms with Crippen LogP contribution in [0, 0.1) is 18.6 Å². The number of anilines is 2. The largest absolute Gasteiger partial charge is 0.397 e. The van der Waals surface area contributed by atoms with Crippen molar-refractivity contribution in [3.63, 3.8) is 0 Å². The predicted octanol–water partition coefficient (Wildman–Crippen LogP) is 2.66. The molecule has 0 unspecified atom stereocenters. The van der Waals surface area contributed by atoms with Gasteiger partial charge in [-0.1, -0.05) is 12.1 Å². The molecule has 0 bridgehead atoms. The van der Waals surface area contributed by atoms with Crippen LogP contribution in [0.1, 0.15) is 5.56 Å². The molecule has 2 aromatic carbocycles. The molecule has 0 aliphatic heterocycles. The fourth-order valence-corrected chi connectivity index (χ4v) is 2.88. The molecule has 0 saturated carbocycles. The van der Waals surface area contributed by atoms with E-state index in [0.29, 0.717) is 6.07 Å². The average molecular weight is 298 g/mol. The van der Waals surface area contributed by atoms with Crippen LogP contribution in [-0.2, 0) is 10.0 Å². The third kappa shape index (κ3) is 2.88. The summed E-state index contributed by atoms with van der Waals surface area (Å²) >= 11 is 0. The zero-order valence-electron chi connectivity index (χ0n) is 10.5. The summed E-state index contributed by atoms with van der Waals surface area (Å²) in [6.07, 6.45) is 0. The molecule has 106 valence electrons. The molecule has 3 N–H and O–H groups in total. The SMILES string of the molecule is Cc1cccc(S(=O)(=O)Nc2c(N)cc(F)cc2F)c1. The number of nitrogens with one attached hydrogen (secondary N) is 1. The number of rotatable bonds is 3. The summed E-state index contributed by atoms with van der Waals surface area (Å²) in [6, 6.07) is 7.49. The monoisotopic (exact) mass is 298 g/mol. The molecule has 0 radical (unpaired) electrons. The van der Waals surface area contributed by atoms with Gasteiger partial charge in [0, 0.05) is 6.07 Å². The van der Waals surface area contributed by atoms with E-state index in [0.717, 1.165) is 11.6 Å². The Bertz CT molecular complexity index is 738. The summed E-state index contributed by atoms with van der Waals surface area (Å²) in [6.45, 7) is 1.73. The maximum atomic E-state index is 13.6. The Morgan fingerprint density at radius 2 is 1.85 bits per heavy atom. The van der Waals surface area contributed by atoms with Crippen molar-refractivity contribution in [3.8, 4) is 0 Å². The highest BCUT2D eigenvalue weighted by molar-refractivity contribution is 7.92. The van der Waals surface area contributed by atoms with Crippen molar-refractivity contribution in [1.82, 2.24) is 0 Å². The Kier molecular flexibility index (Phi) is 3.63. The molecule has 0 saturated heterocycles. The molecule has 0 aliphatic carbocycles. The van der Waals surface area contributed by atoms with Crippen LogP contribution in [0.15, 0.2) is 41.3 Å². The first-order valence-corrected chi connectivity index (χ1v) is 7.12. The first-order chi connectivity index (χ1) is 9.29. The minimum absolute atomic E-state index is 0.0272. The van der Waals surface area contributed by atoms with Gasteiger partial charge < -0.3 is 5.73 Å². The number of hydrogen-bond acceptors (Lipinski definition) is 3. The number of nitrogens with two attached hydrogens (primary N) is 1. The summed E-state index contributed by atoms with van der Waals surface area (Å²) in [5.74, 6) is -1.95. The minimum atomic E-state index is -3.99. The molecule has 0 heterocycles. The third-order valence-electron chi connectivity index (χ3n) is 2.62. The molecule has 7 heteroatoms. The van der Waals surface area contributed by atoms with E-state index >= 15 is 0 Å². The Hall–Kier alpha value is -2.15. The second-order valence-corrected chi connectivity index (χ2v) is 5.96. The van der Waals surface area contributed by atoms with E-state index in [-0.39, 0.29) is 10.6 Å². The Morgan fingerprint density at radius 1 is 1.15 bits per heavy atom. The van der Waals surface area contributed by atoms with Crippen LogP contribution in [0.3, 0.4) is 0 Å². The second-order valence-electron chi connectivity index (χ2n) is 4.27. The molecular weight excluding hydrogens is 286 g/mol. The van der Waals surface area contributed by atoms with E-state index in [2.05, 4.69) is 0 Å². The first-order valence-electron chi connectivity index (χ1n) is 5.63. The normalized spacial score (nSPS) is 11.3. The fraction of sp³-hybridized carbons (Fsp3) is 0.0769. The summed E-state index contributed by atoms with van der Waals surface area (Å²) in [5, 5.41) is 0. The highest BCUT2D eigenvalue weighted by Crippen LogP contribution is 2.26. The molecule has 0 fully saturated rings. The standard InChI is InChI=1S/C13H12F2N2O2S/c1-8-3-2-4-10(5-8)20(18,19)17-13-11(15)6-9(14)7-12(13)16/h2-7,17H,16H2,1H3. The van der Waals surface area contributed by atoms with Crippen molar-refractivity contribution >= 4 is 21.4 Å². The van der Waals surface area contributed by atoms with Crippen LogP contribution in [0.2, 0.25) is 0 Å². The van der Waals surface area contributed by atoms with Crippen molar-refractivity contribution in [2.45, 2.75) is 11.8 Å². The van der Waals surface area contributed by atoms with E-state index in [1.54, 1.807) is 19.1 Å². The lowest BCUT2D eigenvalue weighted by atomic mass is 10.2. The quantitative estimate of drug-likeness (QED) is 0.856. The summed E-state index contributed by atoms with van der Waals surface area (Å²) in [5.41, 5.74) is 5.38. The van der Waals surface area contributed by atoms with Crippen molar-refractivity contribution in [2.24, 2.45) is 0 Å². The van der Waals surface area contributed by atoms with Gasteiger partial charge >= 0.3 is 0 Å². The second kappa shape index (κ2) is 5.09. The summed E-state index contributed by atoms with van der Waals surface area (Å²) in [7, 11) is -3.99. The van der Waals surface area contributed by atoms with Crippen molar-refractivity contribution < 1.29 is 17.2 Å². The number of hydrogen-bond donors (Lipinski definition) is 2. The average Bonchev–Trinajstić information content (AvgIpc) is 2.34. The van der Waals surface area contributed by atoms with E-state index in [9.17, 15) is 17.2 Å². The topological polar surface area (TPSA) is 72.2 Å². The number of aryl methyl sites for hydroxylation is 1. The van der Waals surface area contributed by atoms with Gasteiger partial charge in [-0.3, -0.25) is 4.72 Å². The number of nitrogen functional groups attached to an aromatic ring is 1. The molecule has 0 aliphatic rings. The number of sulfonamides is 1. The van der Waals surface area contributed by atoms with E-state index in [1.165, 1.54) is 12.1 Å². The minimum Gasteiger partial charge on any atom is -0.397 e. The van der Waals surface area contributed by atoms with E-state index < -0.39 is 27.3 Å². The van der Waals surface area contributed by atoms with Gasteiger partial charge in [0.1, 0.15) is 11.5 Å². The lowest BCUT2D eigenvalue weighted by Crippen LogP contribution is -2.15. The molecule has 20 heavy (non-hydrogen) atoms. The van der Waals surface area contributed by atoms with Crippen molar-refractivity contribution in [1.29, 1.82) is 0 Å². The summed E-state index contributed by atoms with van der Waals surface area (Å²) < 4.78 is 52.8. The smallest absolute Gasteiger partial charge is 0.262 e. The van der Waals surface area contributed by atoms with Crippen LogP contribution in [0.5, 0.6) is 0 Å². The molecule has 4 nitrogen and oxygen atoms in total. The van der Waals surface area contributed by atoms with Gasteiger partial charge in [0.25, 0.3) is 10.0 Å². The Balaban J connectivity index is 2.44. The molecule has 2 aromatic rings. The predicted molar refractivity (Wildman–Crippen MR) is 72.8 cm³/mol. The van der Waals surface area contributed by atoms with Crippen molar-refractivity contribution in [2.75, 3.05) is 10.5 Å². The van der Waals surface area contributed by atoms with Crippen LogP contribution in [-0.4, -0.2) is 8.42 Å². The zero-order chi connectivity index (χ0) is 14.9. The lowest BCUT2D eigenvalue weighted by molar-refractivity contribution is 0.583. The van der Waals surface area contributed by atoms with Crippen LogP contribution < -0.4 is 10.5 Å². The number of benzene rings is 2. The maximum absolute atomic E-state index is 13.6. The number of halogens is 2. The van der Waals surface area contributed by atoms with Crippen molar-refractivity contribution in [3.05, 3.63) is 53.6 Å². The van der Waals surface area contributed by atoms with Gasteiger partial charge in [-0.15, -0.1) is 0 Å². The molecule has 0 aromatic heterocycles. The summed E-state index contributed by atoms with van der Waals surface area (Å²) in [4.78, 5) is -0.0272. The van der Waals surface area contributed by atoms with Gasteiger partial charge in [0.2, 0.25) is 0 Å². The van der Waals surface area contributed by atoms with Gasteiger partial charge in [0.05, 0.1) is 10.6 Å². The fourth-order valence-electron chi connectivity index (χ4n) is 1.68. The molecule has 0 amide bonds. The van der Waals surface area contributed by atoms with E-state index in [4.69, 9.17) is 5.73 Å². The van der Waals surface area contributed by atoms with Gasteiger partial charge in [0.15, 0.2) is 5.82 Å². The van der Waals surface area contributed by atoms with Crippen LogP contribution in [0.25, 0.3) is 0 Å². The van der Waals surface area contributed by atoms with Gasteiger partial charge in [-0.05, 0) is 30.7 Å². The first kappa shape index (κ1) is 14.3. The zero-order valence-corrected chi connectivity index (χ0v) is 11.3. The lowest BCUT2D eigenvalue weighted by Gasteiger charge is -2.11. The Morgan fingerprint density at radius 3 is 2.45 bits per heavy atom. The molecular formula is C13H12F2N2O2S. The van der Waals surface area contributed by atoms with E-state index in [1.807, 2.05) is 4.72 Å². The highest BCUT2D eigenvalue weighted by atomic mass is 32.2. The Labute approximate surface area is 115 Å². The highest BCUT2D eigenvalue weighted by Gasteiger charge is 2.19. The third-order valence-corrected chi connectivity index (χ3v) is 3.97. The van der Waals surface area contributed by atoms with Crippen LogP contribution in [0.4, 0.5) is 20.2 Å². The van der Waals surface area contributed by atoms with Gasteiger partial charge in [-0.25, -0.2) is 17.2 Å². The maximum Gasteiger partial charge on any atom is 0.262 e. The molecule has 0 spiro atoms. The molecule has 2 rings (SSSR count).